The summed E-state index contributed by atoms with van der Waals surface area (Å²) in [6.07, 6.45) is 2.96. The van der Waals surface area contributed by atoms with Gasteiger partial charge < -0.3 is 20.3 Å². The zero-order chi connectivity index (χ0) is 36.8. The lowest BCUT2D eigenvalue weighted by Gasteiger charge is -2.09. The molecule has 260 valence electrons. The van der Waals surface area contributed by atoms with E-state index in [0.717, 1.165) is 28.9 Å². The van der Waals surface area contributed by atoms with Crippen molar-refractivity contribution in [1.29, 1.82) is 0 Å². The van der Waals surface area contributed by atoms with Crippen molar-refractivity contribution in [2.24, 2.45) is 20.5 Å². The van der Waals surface area contributed by atoms with Crippen LogP contribution in [0, 0.1) is 10.1 Å². The van der Waals surface area contributed by atoms with Gasteiger partial charge in [-0.05, 0) is 71.1 Å². The molecule has 0 amide bonds. The largest absolute Gasteiger partial charge is 0.506 e. The molecule has 0 saturated heterocycles. The molecule has 0 aliphatic heterocycles. The Balaban J connectivity index is 1.16. The molecule has 0 spiro atoms. The number of azo groups is 2. The molecule has 0 aliphatic rings. The Kier molecular flexibility index (Phi) is 9.98. The summed E-state index contributed by atoms with van der Waals surface area (Å²) in [6.45, 7) is 0. The molecule has 0 aliphatic carbocycles. The zero-order valence-corrected chi connectivity index (χ0v) is 28.0. The fourth-order valence-electron chi connectivity index (χ4n) is 5.07. The van der Waals surface area contributed by atoms with Gasteiger partial charge in [-0.3, -0.25) is 14.7 Å². The number of nitrogens with one attached hydrogen (secondary N) is 1. The molecule has 0 bridgehead atoms. The van der Waals surface area contributed by atoms with Gasteiger partial charge >= 0.3 is 0 Å². The number of benzene rings is 6. The summed E-state index contributed by atoms with van der Waals surface area (Å²) in [7, 11) is -3.30. The van der Waals surface area contributed by atoms with Gasteiger partial charge in [0.05, 0.1) is 17.7 Å². The van der Waals surface area contributed by atoms with Crippen LogP contribution in [-0.2, 0) is 10.1 Å². The SMILES string of the molecule is COc1cc(N=Nc2ccc3cc(Nc4ccccc4)ccc3c2O)c(O)cc1N=Nc1ccc(C=Cc2ccc([N+](=O)[O-])cc2S(=O)(=O)O)cc1. The van der Waals surface area contributed by atoms with Crippen LogP contribution in [0.3, 0.4) is 0 Å². The Hall–Kier alpha value is -6.97. The van der Waals surface area contributed by atoms with Crippen molar-refractivity contribution < 1.29 is 32.8 Å². The quantitative estimate of drug-likeness (QED) is 0.0330. The van der Waals surface area contributed by atoms with E-state index in [1.165, 1.54) is 31.4 Å². The second-order valence-electron chi connectivity index (χ2n) is 11.2. The number of nitro benzene ring substituents is 1. The minimum absolute atomic E-state index is 0.0619. The van der Waals surface area contributed by atoms with E-state index in [-0.39, 0.29) is 39.9 Å². The third-order valence-electron chi connectivity index (χ3n) is 7.68. The van der Waals surface area contributed by atoms with Crippen molar-refractivity contribution in [3.8, 4) is 17.2 Å². The zero-order valence-electron chi connectivity index (χ0n) is 27.2. The normalized spacial score (nSPS) is 11.9. The maximum Gasteiger partial charge on any atom is 0.295 e. The summed E-state index contributed by atoms with van der Waals surface area (Å²) in [5.41, 5.74) is 2.91. The van der Waals surface area contributed by atoms with Crippen LogP contribution >= 0.6 is 0 Å². The van der Waals surface area contributed by atoms with Crippen LogP contribution < -0.4 is 10.1 Å². The number of nitrogens with zero attached hydrogens (tertiary/aromatic N) is 5. The van der Waals surface area contributed by atoms with Crippen molar-refractivity contribution in [3.63, 3.8) is 0 Å². The Morgan fingerprint density at radius 1 is 0.750 bits per heavy atom. The van der Waals surface area contributed by atoms with Gasteiger partial charge in [-0.15, -0.1) is 15.3 Å². The molecule has 0 saturated carbocycles. The maximum absolute atomic E-state index is 11.8. The first-order chi connectivity index (χ1) is 25.0. The smallest absolute Gasteiger partial charge is 0.295 e. The highest BCUT2D eigenvalue weighted by atomic mass is 32.2. The Labute approximate surface area is 296 Å². The van der Waals surface area contributed by atoms with Crippen LogP contribution in [0.15, 0.2) is 141 Å². The van der Waals surface area contributed by atoms with E-state index < -0.39 is 25.6 Å². The first-order valence-corrected chi connectivity index (χ1v) is 16.8. The number of phenols is 2. The van der Waals surface area contributed by atoms with E-state index in [0.29, 0.717) is 16.6 Å². The summed E-state index contributed by atoms with van der Waals surface area (Å²) in [5.74, 6) is -0.0829. The molecule has 52 heavy (non-hydrogen) atoms. The molecular weight excluding hydrogens is 689 g/mol. The number of para-hydroxylation sites is 1. The van der Waals surface area contributed by atoms with Crippen LogP contribution in [0.1, 0.15) is 11.1 Å². The van der Waals surface area contributed by atoms with Crippen LogP contribution in [0.25, 0.3) is 22.9 Å². The molecule has 14 nitrogen and oxygen atoms in total. The van der Waals surface area contributed by atoms with Gasteiger partial charge in [0.1, 0.15) is 33.5 Å². The molecule has 0 fully saturated rings. The van der Waals surface area contributed by atoms with Gasteiger partial charge in [0.2, 0.25) is 0 Å². The molecule has 0 aromatic heterocycles. The molecule has 0 unspecified atom stereocenters. The monoisotopic (exact) mass is 716 g/mol. The summed E-state index contributed by atoms with van der Waals surface area (Å²) in [6, 6.07) is 31.2. The number of rotatable bonds is 11. The lowest BCUT2D eigenvalue weighted by molar-refractivity contribution is -0.385. The van der Waals surface area contributed by atoms with Gasteiger partial charge in [0.15, 0.2) is 5.75 Å². The topological polar surface area (TPSA) is 209 Å². The number of hydrogen-bond donors (Lipinski definition) is 4. The number of phenolic OH excluding ortho intramolecular Hbond substituents is 2. The second kappa shape index (κ2) is 14.9. The van der Waals surface area contributed by atoms with Crippen LogP contribution in [-0.4, -0.2) is 35.2 Å². The predicted octanol–water partition coefficient (Wildman–Crippen LogP) is 10.2. The van der Waals surface area contributed by atoms with Crippen molar-refractivity contribution in [3.05, 3.63) is 137 Å². The first kappa shape index (κ1) is 34.9. The van der Waals surface area contributed by atoms with E-state index in [1.54, 1.807) is 42.5 Å². The molecule has 6 rings (SSSR count). The minimum atomic E-state index is -4.71. The Bertz CT molecular complexity index is 2510. The molecule has 0 heterocycles. The maximum atomic E-state index is 11.8. The van der Waals surface area contributed by atoms with Gasteiger partial charge in [-0.2, -0.15) is 13.5 Å². The van der Waals surface area contributed by atoms with E-state index >= 15 is 0 Å². The predicted molar refractivity (Wildman–Crippen MR) is 197 cm³/mol. The third kappa shape index (κ3) is 8.07. The number of methoxy groups -OCH3 is 1. The Morgan fingerprint density at radius 3 is 2.19 bits per heavy atom. The van der Waals surface area contributed by atoms with Gasteiger partial charge in [-0.25, -0.2) is 0 Å². The number of hydrogen-bond acceptors (Lipinski definition) is 12. The van der Waals surface area contributed by atoms with Gasteiger partial charge in [0.25, 0.3) is 15.8 Å². The van der Waals surface area contributed by atoms with Gasteiger partial charge in [0, 0.05) is 41.0 Å². The average molecular weight is 717 g/mol. The average Bonchev–Trinajstić information content (AvgIpc) is 3.13. The molecule has 0 radical (unpaired) electrons. The van der Waals surface area contributed by atoms with Crippen LogP contribution in [0.5, 0.6) is 17.2 Å². The molecule has 6 aromatic rings. The number of fused-ring (bicyclic) bond motifs is 1. The molecular formula is C37H28N6O8S. The fraction of sp³-hybridized carbons (Fsp3) is 0.0270. The van der Waals surface area contributed by atoms with E-state index in [2.05, 4.69) is 25.8 Å². The number of non-ortho nitro benzene ring substituents is 1. The van der Waals surface area contributed by atoms with Crippen LogP contribution in [0.2, 0.25) is 0 Å². The van der Waals surface area contributed by atoms with E-state index in [1.807, 2.05) is 48.5 Å². The van der Waals surface area contributed by atoms with E-state index in [4.69, 9.17) is 4.74 Å². The van der Waals surface area contributed by atoms with Crippen molar-refractivity contribution in [1.82, 2.24) is 0 Å². The summed E-state index contributed by atoms with van der Waals surface area (Å²) in [5, 5.41) is 54.0. The first-order valence-electron chi connectivity index (χ1n) is 15.3. The fourth-order valence-corrected chi connectivity index (χ4v) is 5.78. The molecule has 0 atom stereocenters. The lowest BCUT2D eigenvalue weighted by atomic mass is 10.1. The van der Waals surface area contributed by atoms with Crippen molar-refractivity contribution in [2.45, 2.75) is 4.90 Å². The highest BCUT2D eigenvalue weighted by molar-refractivity contribution is 7.86. The highest BCUT2D eigenvalue weighted by Crippen LogP contribution is 2.42. The van der Waals surface area contributed by atoms with Crippen molar-refractivity contribution in [2.75, 3.05) is 12.4 Å². The molecule has 4 N–H and O–H groups in total. The Morgan fingerprint density at radius 2 is 1.48 bits per heavy atom. The third-order valence-corrected chi connectivity index (χ3v) is 8.59. The number of nitro groups is 1. The molecule has 6 aromatic carbocycles. The highest BCUT2D eigenvalue weighted by Gasteiger charge is 2.19. The second-order valence-corrected chi connectivity index (χ2v) is 12.5. The summed E-state index contributed by atoms with van der Waals surface area (Å²) < 4.78 is 38.5. The number of aromatic hydroxyl groups is 2. The minimum Gasteiger partial charge on any atom is -0.506 e. The molecule has 15 heteroatoms. The van der Waals surface area contributed by atoms with Crippen LogP contribution in [0.4, 0.5) is 39.8 Å². The standard InChI is InChI=1S/C37H28N6O8S/c1-51-35-22-32(41-40-31-18-12-25-19-28(15-17-30(25)37(31)45)38-26-5-3-2-4-6-26)34(44)21-33(35)42-39-27-13-8-23(9-14-27)7-10-24-11-16-29(43(46)47)20-36(24)52(48,49)50/h2-22,38,44-45H,1H3,(H,48,49,50). The lowest BCUT2D eigenvalue weighted by Crippen LogP contribution is -2.02. The summed E-state index contributed by atoms with van der Waals surface area (Å²) in [4.78, 5) is 9.68. The van der Waals surface area contributed by atoms with Crippen molar-refractivity contribution >= 4 is 72.9 Å². The number of ether oxygens (including phenoxy) is 1. The number of anilines is 2. The van der Waals surface area contributed by atoms with Gasteiger partial charge in [-0.1, -0.05) is 48.6 Å². The van der Waals surface area contributed by atoms with E-state index in [9.17, 15) is 33.3 Å². The summed E-state index contributed by atoms with van der Waals surface area (Å²) >= 11 is 0.